The molecule has 0 aromatic heterocycles. The number of methoxy groups -OCH3 is 1. The lowest BCUT2D eigenvalue weighted by Gasteiger charge is -2.45. The molecule has 0 aliphatic carbocycles. The van der Waals surface area contributed by atoms with Gasteiger partial charge >= 0.3 is 0 Å². The Morgan fingerprint density at radius 3 is 2.48 bits per heavy atom. The molecule has 0 N–H and O–H groups in total. The van der Waals surface area contributed by atoms with Crippen molar-refractivity contribution in [3.63, 3.8) is 0 Å². The molecule has 3 heterocycles. The highest BCUT2D eigenvalue weighted by atomic mass is 16.5. The zero-order valence-electron chi connectivity index (χ0n) is 17.4. The fourth-order valence-corrected chi connectivity index (χ4v) is 4.80. The normalized spacial score (nSPS) is 24.8. The molecule has 0 radical (unpaired) electrons. The number of hydrogen-bond acceptors (Lipinski definition) is 4. The van der Waals surface area contributed by atoms with Gasteiger partial charge in [0.05, 0.1) is 13.7 Å². The van der Waals surface area contributed by atoms with E-state index in [4.69, 9.17) is 9.47 Å². The summed E-state index contributed by atoms with van der Waals surface area (Å²) in [6.45, 7) is 8.92. The van der Waals surface area contributed by atoms with E-state index in [-0.39, 0.29) is 0 Å². The van der Waals surface area contributed by atoms with E-state index in [0.29, 0.717) is 18.0 Å². The average Bonchev–Trinajstić information content (AvgIpc) is 3.03. The van der Waals surface area contributed by atoms with E-state index in [1.54, 1.807) is 7.11 Å². The Morgan fingerprint density at radius 1 is 0.966 bits per heavy atom. The highest BCUT2D eigenvalue weighted by molar-refractivity contribution is 5.27. The van der Waals surface area contributed by atoms with Gasteiger partial charge in [0.25, 0.3) is 0 Å². The van der Waals surface area contributed by atoms with Crippen LogP contribution in [0.25, 0.3) is 0 Å². The van der Waals surface area contributed by atoms with Crippen LogP contribution in [0.1, 0.15) is 18.4 Å². The third-order valence-electron chi connectivity index (χ3n) is 6.38. The van der Waals surface area contributed by atoms with Crippen molar-refractivity contribution in [2.45, 2.75) is 31.5 Å². The van der Waals surface area contributed by atoms with E-state index >= 15 is 0 Å². The van der Waals surface area contributed by atoms with Gasteiger partial charge in [-0.3, -0.25) is 9.80 Å². The topological polar surface area (TPSA) is 24.9 Å². The van der Waals surface area contributed by atoms with E-state index in [9.17, 15) is 0 Å². The molecule has 2 aromatic carbocycles. The minimum Gasteiger partial charge on any atom is -0.497 e. The summed E-state index contributed by atoms with van der Waals surface area (Å²) in [4.78, 5) is 5.29. The molecule has 0 amide bonds. The molecule has 0 unspecified atom stereocenters. The molecule has 4 heteroatoms. The van der Waals surface area contributed by atoms with Crippen molar-refractivity contribution in [2.75, 3.05) is 33.4 Å². The molecule has 5 rings (SSSR count). The molecule has 0 spiro atoms. The largest absolute Gasteiger partial charge is 0.497 e. The second kappa shape index (κ2) is 9.47. The Kier molecular flexibility index (Phi) is 6.53. The summed E-state index contributed by atoms with van der Waals surface area (Å²) in [5, 5.41) is 0. The van der Waals surface area contributed by atoms with Crippen LogP contribution in [0.15, 0.2) is 67.3 Å². The van der Waals surface area contributed by atoms with Crippen LogP contribution in [0, 0.1) is 5.92 Å². The van der Waals surface area contributed by atoms with Gasteiger partial charge < -0.3 is 9.47 Å². The monoisotopic (exact) mass is 392 g/mol. The number of fused-ring (bicyclic) bond motifs is 4. The van der Waals surface area contributed by atoms with Gasteiger partial charge in [-0.15, -0.1) is 6.58 Å². The van der Waals surface area contributed by atoms with E-state index in [0.717, 1.165) is 44.3 Å². The molecule has 3 fully saturated rings. The zero-order valence-corrected chi connectivity index (χ0v) is 17.4. The van der Waals surface area contributed by atoms with Gasteiger partial charge in [0, 0.05) is 44.2 Å². The Morgan fingerprint density at radius 2 is 1.76 bits per heavy atom. The third-order valence-corrected chi connectivity index (χ3v) is 6.38. The maximum Gasteiger partial charge on any atom is 0.119 e. The second-order valence-corrected chi connectivity index (χ2v) is 8.20. The Balaban J connectivity index is 1.49. The fourth-order valence-electron chi connectivity index (χ4n) is 4.80. The highest BCUT2D eigenvalue weighted by Crippen LogP contribution is 2.33. The number of rotatable bonds is 8. The van der Waals surface area contributed by atoms with Crippen LogP contribution in [0.5, 0.6) is 11.5 Å². The van der Waals surface area contributed by atoms with Crippen molar-refractivity contribution in [1.82, 2.24) is 9.80 Å². The van der Waals surface area contributed by atoms with Gasteiger partial charge in [-0.25, -0.2) is 0 Å². The molecule has 3 aliphatic rings. The maximum atomic E-state index is 6.19. The van der Waals surface area contributed by atoms with Crippen molar-refractivity contribution >= 4 is 0 Å². The van der Waals surface area contributed by atoms with Gasteiger partial charge in [-0.2, -0.15) is 0 Å². The van der Waals surface area contributed by atoms with E-state index in [1.807, 2.05) is 36.4 Å². The van der Waals surface area contributed by atoms with E-state index in [2.05, 4.69) is 40.6 Å². The molecule has 3 aliphatic heterocycles. The molecule has 154 valence electrons. The van der Waals surface area contributed by atoms with Crippen LogP contribution >= 0.6 is 0 Å². The number of benzene rings is 2. The zero-order chi connectivity index (χ0) is 20.1. The van der Waals surface area contributed by atoms with Crippen molar-refractivity contribution in [3.8, 4) is 11.5 Å². The van der Waals surface area contributed by atoms with Gasteiger partial charge in [0.2, 0.25) is 0 Å². The van der Waals surface area contributed by atoms with Crippen molar-refractivity contribution in [2.24, 2.45) is 5.92 Å². The summed E-state index contributed by atoms with van der Waals surface area (Å²) in [7, 11) is 1.72. The van der Waals surface area contributed by atoms with Crippen LogP contribution in [-0.2, 0) is 6.54 Å². The van der Waals surface area contributed by atoms with Gasteiger partial charge in [-0.05, 0) is 42.7 Å². The van der Waals surface area contributed by atoms with Crippen molar-refractivity contribution in [1.29, 1.82) is 0 Å². The van der Waals surface area contributed by atoms with Crippen LogP contribution in [0.4, 0.5) is 0 Å². The fraction of sp³-hybridized carbons (Fsp3) is 0.440. The average molecular weight is 393 g/mol. The summed E-state index contributed by atoms with van der Waals surface area (Å²) in [6, 6.07) is 19.8. The maximum absolute atomic E-state index is 6.19. The summed E-state index contributed by atoms with van der Waals surface area (Å²) < 4.78 is 11.5. The van der Waals surface area contributed by atoms with E-state index < -0.39 is 0 Å². The lowest BCUT2D eigenvalue weighted by atomic mass is 9.95. The Bertz CT molecular complexity index is 777. The van der Waals surface area contributed by atoms with Crippen LogP contribution < -0.4 is 9.47 Å². The SMILES string of the molecule is C=CCN1C[C@H]2[C@@H](COc3ccccc3)CC[C@@H]1CN2Cc1ccc(OC)cc1. The number of ether oxygens (including phenoxy) is 2. The molecular formula is C25H32N2O2. The first-order chi connectivity index (χ1) is 14.3. The standard InChI is InChI=1S/C25H32N2O2/c1-3-15-26-18-25-21(19-29-24-7-5-4-6-8-24)11-12-22(26)17-27(25)16-20-9-13-23(28-2)14-10-20/h3-10,13-14,21-22,25H,1,11-12,15-19H2,2H3/t21-,22-,25+/m1/s1. The Hall–Kier alpha value is -2.30. The first-order valence-electron chi connectivity index (χ1n) is 10.7. The predicted molar refractivity (Wildman–Crippen MR) is 117 cm³/mol. The number of nitrogens with zero attached hydrogens (tertiary/aromatic N) is 2. The third kappa shape index (κ3) is 4.82. The lowest BCUT2D eigenvalue weighted by molar-refractivity contribution is 0.0198. The second-order valence-electron chi connectivity index (χ2n) is 8.20. The van der Waals surface area contributed by atoms with Crippen LogP contribution in [-0.4, -0.2) is 55.2 Å². The first-order valence-corrected chi connectivity index (χ1v) is 10.7. The van der Waals surface area contributed by atoms with Crippen molar-refractivity contribution < 1.29 is 9.47 Å². The minimum absolute atomic E-state index is 0.500. The number of piperazine rings is 1. The summed E-state index contributed by atoms with van der Waals surface area (Å²) in [6.07, 6.45) is 4.49. The number of para-hydroxylation sites is 1. The first kappa shape index (κ1) is 20.0. The number of hydrogen-bond donors (Lipinski definition) is 0. The molecule has 2 bridgehead atoms. The summed E-state index contributed by atoms with van der Waals surface area (Å²) in [5.41, 5.74) is 1.34. The van der Waals surface area contributed by atoms with Gasteiger partial charge in [0.15, 0.2) is 0 Å². The predicted octanol–water partition coefficient (Wildman–Crippen LogP) is 4.23. The lowest BCUT2D eigenvalue weighted by Crippen LogP contribution is -2.57. The molecule has 4 nitrogen and oxygen atoms in total. The Labute approximate surface area is 174 Å². The highest BCUT2D eigenvalue weighted by Gasteiger charge is 2.41. The molecule has 2 aromatic rings. The molecule has 3 saturated heterocycles. The summed E-state index contributed by atoms with van der Waals surface area (Å²) >= 11 is 0. The van der Waals surface area contributed by atoms with Crippen LogP contribution in [0.2, 0.25) is 0 Å². The molecular weight excluding hydrogens is 360 g/mol. The van der Waals surface area contributed by atoms with Gasteiger partial charge in [-0.1, -0.05) is 36.4 Å². The molecule has 3 atom stereocenters. The summed E-state index contributed by atoms with van der Waals surface area (Å²) in [5.74, 6) is 2.42. The van der Waals surface area contributed by atoms with Crippen LogP contribution in [0.3, 0.4) is 0 Å². The minimum atomic E-state index is 0.500. The molecule has 0 saturated carbocycles. The van der Waals surface area contributed by atoms with E-state index in [1.165, 1.54) is 18.4 Å². The smallest absolute Gasteiger partial charge is 0.119 e. The van der Waals surface area contributed by atoms with Crippen molar-refractivity contribution in [3.05, 3.63) is 72.8 Å². The quantitative estimate of drug-likeness (QED) is 0.628. The molecule has 29 heavy (non-hydrogen) atoms. The van der Waals surface area contributed by atoms with Gasteiger partial charge in [0.1, 0.15) is 11.5 Å².